The Balaban J connectivity index is 1.76. The quantitative estimate of drug-likeness (QED) is 0.836. The molecule has 1 aromatic heterocycles. The van der Waals surface area contributed by atoms with Gasteiger partial charge in [-0.1, -0.05) is 36.8 Å². The van der Waals surface area contributed by atoms with Crippen LogP contribution in [0, 0.1) is 13.8 Å². The van der Waals surface area contributed by atoms with Gasteiger partial charge in [0.05, 0.1) is 0 Å². The van der Waals surface area contributed by atoms with Crippen LogP contribution in [0.4, 0.5) is 0 Å². The average Bonchev–Trinajstić information content (AvgIpc) is 2.90. The number of hydrogen-bond donors (Lipinski definition) is 0. The highest BCUT2D eigenvalue weighted by atomic mass is 32.1. The zero-order valence-corrected chi connectivity index (χ0v) is 14.7. The monoisotopic (exact) mass is 314 g/mol. The maximum atomic E-state index is 2.60. The largest absolute Gasteiger partial charge is 0.301 e. The summed E-state index contributed by atoms with van der Waals surface area (Å²) >= 11 is 1.89. The normalized spacial score (nSPS) is 17.0. The van der Waals surface area contributed by atoms with E-state index in [0.717, 1.165) is 6.54 Å². The van der Waals surface area contributed by atoms with Crippen LogP contribution in [0.15, 0.2) is 29.6 Å². The summed E-state index contributed by atoms with van der Waals surface area (Å²) in [5, 5.41) is 2.36. The topological polar surface area (TPSA) is 6.48 Å². The number of hydrogen-bond acceptors (Lipinski definition) is 3. The van der Waals surface area contributed by atoms with E-state index in [4.69, 9.17) is 0 Å². The van der Waals surface area contributed by atoms with Crippen molar-refractivity contribution in [1.82, 2.24) is 9.80 Å². The van der Waals surface area contributed by atoms with Crippen LogP contribution in [0.2, 0.25) is 0 Å². The lowest BCUT2D eigenvalue weighted by Gasteiger charge is -2.34. The molecule has 1 saturated heterocycles. The number of piperazine rings is 1. The van der Waals surface area contributed by atoms with Gasteiger partial charge in [-0.05, 0) is 42.5 Å². The molecule has 118 valence electrons. The van der Waals surface area contributed by atoms with Gasteiger partial charge in [0.1, 0.15) is 0 Å². The van der Waals surface area contributed by atoms with E-state index in [1.807, 2.05) is 11.3 Å². The molecule has 22 heavy (non-hydrogen) atoms. The Labute approximate surface area is 138 Å². The van der Waals surface area contributed by atoms with Gasteiger partial charge < -0.3 is 4.90 Å². The zero-order chi connectivity index (χ0) is 15.5. The van der Waals surface area contributed by atoms with E-state index >= 15 is 0 Å². The maximum absolute atomic E-state index is 2.60. The van der Waals surface area contributed by atoms with Crippen molar-refractivity contribution in [2.75, 3.05) is 32.7 Å². The van der Waals surface area contributed by atoms with Crippen molar-refractivity contribution in [2.24, 2.45) is 0 Å². The van der Waals surface area contributed by atoms with E-state index < -0.39 is 0 Å². The molecule has 0 spiro atoms. The molecule has 0 atom stereocenters. The molecule has 1 fully saturated rings. The molecule has 0 radical (unpaired) electrons. The highest BCUT2D eigenvalue weighted by molar-refractivity contribution is 7.10. The van der Waals surface area contributed by atoms with Crippen molar-refractivity contribution in [2.45, 2.75) is 27.3 Å². The highest BCUT2D eigenvalue weighted by Gasteiger charge is 2.18. The molecule has 2 nitrogen and oxygen atoms in total. The second-order valence-corrected chi connectivity index (χ2v) is 7.35. The Morgan fingerprint density at radius 1 is 0.955 bits per heavy atom. The lowest BCUT2D eigenvalue weighted by atomic mass is 10.0. The summed E-state index contributed by atoms with van der Waals surface area (Å²) in [6, 6.07) is 8.97. The van der Waals surface area contributed by atoms with Crippen LogP contribution in [0.1, 0.15) is 22.9 Å². The first kappa shape index (κ1) is 15.7. The van der Waals surface area contributed by atoms with Gasteiger partial charge in [0.15, 0.2) is 0 Å². The summed E-state index contributed by atoms with van der Waals surface area (Å²) < 4.78 is 0. The van der Waals surface area contributed by atoms with Crippen LogP contribution in [-0.2, 0) is 6.54 Å². The lowest BCUT2D eigenvalue weighted by molar-refractivity contribution is 0.132. The molecule has 1 aliphatic heterocycles. The second kappa shape index (κ2) is 6.95. The summed E-state index contributed by atoms with van der Waals surface area (Å²) in [4.78, 5) is 6.58. The van der Waals surface area contributed by atoms with Crippen LogP contribution in [0.25, 0.3) is 11.1 Å². The SMILES string of the molecule is CCN1CCN(Cc2csc(C)c2-c2ccc(C)cc2)CC1. The third kappa shape index (κ3) is 3.43. The molecule has 2 heterocycles. The third-order valence-electron chi connectivity index (χ3n) is 4.70. The molecular formula is C19H26N2S. The third-order valence-corrected chi connectivity index (χ3v) is 5.66. The van der Waals surface area contributed by atoms with E-state index in [-0.39, 0.29) is 0 Å². The van der Waals surface area contributed by atoms with E-state index in [9.17, 15) is 0 Å². The standard InChI is InChI=1S/C19H26N2S/c1-4-20-9-11-21(12-10-20)13-18-14-22-16(3)19(18)17-7-5-15(2)6-8-17/h5-8,14H,4,9-13H2,1-3H3. The van der Waals surface area contributed by atoms with Gasteiger partial charge in [0, 0.05) is 37.6 Å². The van der Waals surface area contributed by atoms with Crippen molar-refractivity contribution in [3.63, 3.8) is 0 Å². The smallest absolute Gasteiger partial charge is 0.0249 e. The number of thiophene rings is 1. The Morgan fingerprint density at radius 2 is 1.59 bits per heavy atom. The van der Waals surface area contributed by atoms with Crippen molar-refractivity contribution in [1.29, 1.82) is 0 Å². The van der Waals surface area contributed by atoms with Gasteiger partial charge >= 0.3 is 0 Å². The zero-order valence-electron chi connectivity index (χ0n) is 13.9. The van der Waals surface area contributed by atoms with Crippen molar-refractivity contribution < 1.29 is 0 Å². The molecule has 3 rings (SSSR count). The van der Waals surface area contributed by atoms with Gasteiger partial charge in [0.25, 0.3) is 0 Å². The first-order valence-electron chi connectivity index (χ1n) is 8.26. The highest BCUT2D eigenvalue weighted by Crippen LogP contribution is 2.33. The van der Waals surface area contributed by atoms with Crippen LogP contribution < -0.4 is 0 Å². The molecule has 0 N–H and O–H groups in total. The van der Waals surface area contributed by atoms with Crippen molar-refractivity contribution in [3.8, 4) is 11.1 Å². The minimum Gasteiger partial charge on any atom is -0.301 e. The molecule has 0 amide bonds. The molecule has 0 saturated carbocycles. The summed E-state index contributed by atoms with van der Waals surface area (Å²) in [7, 11) is 0. The fraction of sp³-hybridized carbons (Fsp3) is 0.474. The Hall–Kier alpha value is -1.16. The van der Waals surface area contributed by atoms with Gasteiger partial charge in [-0.3, -0.25) is 4.90 Å². The van der Waals surface area contributed by atoms with Crippen LogP contribution in [0.3, 0.4) is 0 Å². The summed E-state index contributed by atoms with van der Waals surface area (Å²) in [6.07, 6.45) is 0. The average molecular weight is 314 g/mol. The number of rotatable bonds is 4. The summed E-state index contributed by atoms with van der Waals surface area (Å²) in [5.41, 5.74) is 5.65. The van der Waals surface area contributed by atoms with Crippen LogP contribution in [0.5, 0.6) is 0 Å². The Kier molecular flexibility index (Phi) is 4.97. The molecule has 1 aliphatic rings. The molecule has 1 aromatic carbocycles. The first-order chi connectivity index (χ1) is 10.7. The van der Waals surface area contributed by atoms with E-state index in [2.05, 4.69) is 60.2 Å². The fourth-order valence-corrected chi connectivity index (χ4v) is 4.11. The Morgan fingerprint density at radius 3 is 2.23 bits per heavy atom. The number of aryl methyl sites for hydroxylation is 2. The summed E-state index contributed by atoms with van der Waals surface area (Å²) in [5.74, 6) is 0. The lowest BCUT2D eigenvalue weighted by Crippen LogP contribution is -2.45. The molecule has 0 aliphatic carbocycles. The van der Waals surface area contributed by atoms with Gasteiger partial charge in [-0.25, -0.2) is 0 Å². The minimum absolute atomic E-state index is 1.09. The van der Waals surface area contributed by atoms with E-state index in [1.54, 1.807) is 0 Å². The molecule has 0 unspecified atom stereocenters. The Bertz CT molecular complexity index is 607. The number of nitrogens with zero attached hydrogens (tertiary/aromatic N) is 2. The first-order valence-corrected chi connectivity index (χ1v) is 9.14. The van der Waals surface area contributed by atoms with Crippen LogP contribution >= 0.6 is 11.3 Å². The molecular weight excluding hydrogens is 288 g/mol. The van der Waals surface area contributed by atoms with Crippen molar-refractivity contribution >= 4 is 11.3 Å². The molecule has 0 bridgehead atoms. The van der Waals surface area contributed by atoms with Crippen LogP contribution in [-0.4, -0.2) is 42.5 Å². The van der Waals surface area contributed by atoms with Gasteiger partial charge in [-0.2, -0.15) is 0 Å². The molecule has 3 heteroatoms. The van der Waals surface area contributed by atoms with E-state index in [0.29, 0.717) is 0 Å². The summed E-state index contributed by atoms with van der Waals surface area (Å²) in [6.45, 7) is 13.7. The van der Waals surface area contributed by atoms with E-state index in [1.165, 1.54) is 59.9 Å². The van der Waals surface area contributed by atoms with Gasteiger partial charge in [-0.15, -0.1) is 11.3 Å². The predicted octanol–water partition coefficient (Wildman–Crippen LogP) is 4.17. The minimum atomic E-state index is 1.09. The number of benzene rings is 1. The fourth-order valence-electron chi connectivity index (χ4n) is 3.23. The maximum Gasteiger partial charge on any atom is 0.0249 e. The number of likely N-dealkylation sites (N-methyl/N-ethyl adjacent to an activating group) is 1. The molecule has 2 aromatic rings. The predicted molar refractivity (Wildman–Crippen MR) is 96.6 cm³/mol. The van der Waals surface area contributed by atoms with Crippen molar-refractivity contribution in [3.05, 3.63) is 45.6 Å². The van der Waals surface area contributed by atoms with Gasteiger partial charge in [0.2, 0.25) is 0 Å². The second-order valence-electron chi connectivity index (χ2n) is 6.27.